The zero-order valence-electron chi connectivity index (χ0n) is 20.2. The Kier molecular flexibility index (Phi) is 13.0. The number of hydrogen-bond donors (Lipinski definition) is 1. The maximum absolute atomic E-state index is 9.17. The molecule has 0 aliphatic heterocycles. The van der Waals surface area contributed by atoms with E-state index in [0.29, 0.717) is 12.7 Å². The van der Waals surface area contributed by atoms with Crippen LogP contribution in [-0.4, -0.2) is 44.3 Å². The Hall–Kier alpha value is -0.793. The molecule has 1 aromatic rings. The van der Waals surface area contributed by atoms with Gasteiger partial charge in [-0.05, 0) is 70.1 Å². The maximum Gasteiger partial charge on any atom is 0.147 e. The fraction of sp³-hybridized carbons (Fsp3) is 0.708. The number of thiazole rings is 1. The Balaban J connectivity index is 2.64. The lowest BCUT2D eigenvalue weighted by atomic mass is 10.0. The molecule has 0 amide bonds. The molecule has 1 aromatic heterocycles. The van der Waals surface area contributed by atoms with Gasteiger partial charge in [0, 0.05) is 26.7 Å². The quantitative estimate of drug-likeness (QED) is 0.139. The molecule has 0 saturated carbocycles. The molecule has 1 N–H and O–H groups in total. The van der Waals surface area contributed by atoms with Crippen LogP contribution in [0, 0.1) is 12.8 Å². The first-order valence-electron chi connectivity index (χ1n) is 11.2. The van der Waals surface area contributed by atoms with Crippen LogP contribution in [0.15, 0.2) is 22.6 Å². The van der Waals surface area contributed by atoms with Gasteiger partial charge in [0.05, 0.1) is 16.8 Å². The van der Waals surface area contributed by atoms with Crippen LogP contribution in [0.25, 0.3) is 6.08 Å². The van der Waals surface area contributed by atoms with Gasteiger partial charge in [-0.15, -0.1) is 11.3 Å². The van der Waals surface area contributed by atoms with Gasteiger partial charge in [-0.2, -0.15) is 0 Å². The molecule has 1 heterocycles. The maximum atomic E-state index is 9.17. The van der Waals surface area contributed by atoms with Crippen LogP contribution in [0.5, 0.6) is 0 Å². The molecule has 0 aliphatic rings. The van der Waals surface area contributed by atoms with Crippen LogP contribution in [-0.2, 0) is 9.47 Å². The highest BCUT2D eigenvalue weighted by Crippen LogP contribution is 2.20. The fourth-order valence-corrected chi connectivity index (χ4v) is 4.28. The number of nitrogens with zero attached hydrogens (tertiary/aromatic N) is 1. The van der Waals surface area contributed by atoms with E-state index < -0.39 is 8.07 Å². The third-order valence-electron chi connectivity index (χ3n) is 5.13. The van der Waals surface area contributed by atoms with Crippen LogP contribution in [0.3, 0.4) is 0 Å². The Morgan fingerprint density at radius 3 is 2.63 bits per heavy atom. The molecule has 172 valence electrons. The second-order valence-electron chi connectivity index (χ2n) is 9.64. The third kappa shape index (κ3) is 12.8. The van der Waals surface area contributed by atoms with E-state index in [0.717, 1.165) is 49.0 Å². The number of allylic oxidation sites excluding steroid dienone is 1. The second-order valence-corrected chi connectivity index (χ2v) is 16.3. The van der Waals surface area contributed by atoms with E-state index in [1.54, 1.807) is 11.3 Å². The van der Waals surface area contributed by atoms with E-state index >= 15 is 0 Å². The third-order valence-corrected chi connectivity index (χ3v) is 7.63. The Morgan fingerprint density at radius 1 is 1.30 bits per heavy atom. The standard InChI is InChI=1S/C24H43NO3SSi/c1-19(9-8-10-20(2)16-26)11-12-24(28-18-27-13-14-30(5,6)7)21(3)15-23-17-29-22(4)25-23/h11,15,17,20,24,26H,8-10,12-14,16,18H2,1-7H3/b19-11-,21-15+/t20-,24-/m0/s1. The van der Waals surface area contributed by atoms with Gasteiger partial charge in [0.25, 0.3) is 0 Å². The van der Waals surface area contributed by atoms with Gasteiger partial charge in [-0.3, -0.25) is 0 Å². The molecular weight excluding hydrogens is 410 g/mol. The first kappa shape index (κ1) is 27.2. The highest BCUT2D eigenvalue weighted by atomic mass is 32.1. The minimum absolute atomic E-state index is 0.00907. The molecule has 30 heavy (non-hydrogen) atoms. The van der Waals surface area contributed by atoms with Gasteiger partial charge in [-0.25, -0.2) is 4.98 Å². The number of aliphatic hydroxyl groups is 1. The summed E-state index contributed by atoms with van der Waals surface area (Å²) in [5, 5.41) is 12.3. The van der Waals surface area contributed by atoms with Crippen LogP contribution < -0.4 is 0 Å². The van der Waals surface area contributed by atoms with E-state index in [1.807, 2.05) is 6.92 Å². The SMILES string of the molecule is C/C(=C/C[C@H](OCOCC[Si](C)(C)C)/C(C)=C/c1csc(C)n1)CCC[C@H](C)CO. The van der Waals surface area contributed by atoms with Crippen LogP contribution >= 0.6 is 11.3 Å². The van der Waals surface area contributed by atoms with Gasteiger partial charge in [0.2, 0.25) is 0 Å². The predicted octanol–water partition coefficient (Wildman–Crippen LogP) is 6.69. The zero-order chi connectivity index (χ0) is 22.6. The molecule has 0 radical (unpaired) electrons. The molecule has 0 saturated heterocycles. The summed E-state index contributed by atoms with van der Waals surface area (Å²) in [7, 11) is -1.08. The van der Waals surface area contributed by atoms with Crippen molar-refractivity contribution in [1.82, 2.24) is 4.98 Å². The van der Waals surface area contributed by atoms with E-state index in [9.17, 15) is 5.11 Å². The number of ether oxygens (including phenoxy) is 2. The van der Waals surface area contributed by atoms with Crippen molar-refractivity contribution in [3.05, 3.63) is 33.3 Å². The monoisotopic (exact) mass is 453 g/mol. The average molecular weight is 454 g/mol. The van der Waals surface area contributed by atoms with Crippen molar-refractivity contribution in [2.45, 2.75) is 85.2 Å². The van der Waals surface area contributed by atoms with Crippen LogP contribution in [0.2, 0.25) is 25.7 Å². The lowest BCUT2D eigenvalue weighted by Crippen LogP contribution is -2.23. The Bertz CT molecular complexity index is 664. The van der Waals surface area contributed by atoms with E-state index in [1.165, 1.54) is 11.1 Å². The number of aliphatic hydroxyl groups excluding tert-OH is 1. The van der Waals surface area contributed by atoms with Crippen molar-refractivity contribution < 1.29 is 14.6 Å². The van der Waals surface area contributed by atoms with Crippen molar-refractivity contribution in [3.63, 3.8) is 0 Å². The fourth-order valence-electron chi connectivity index (χ4n) is 2.96. The molecule has 1 rings (SSSR count). The number of aromatic nitrogens is 1. The summed E-state index contributed by atoms with van der Waals surface area (Å²) < 4.78 is 11.9. The minimum Gasteiger partial charge on any atom is -0.396 e. The molecule has 0 fully saturated rings. The summed E-state index contributed by atoms with van der Waals surface area (Å²) in [4.78, 5) is 4.55. The normalized spacial score (nSPS) is 15.5. The van der Waals surface area contributed by atoms with Crippen molar-refractivity contribution in [2.24, 2.45) is 5.92 Å². The van der Waals surface area contributed by atoms with Crippen molar-refractivity contribution >= 4 is 25.5 Å². The van der Waals surface area contributed by atoms with Gasteiger partial charge < -0.3 is 14.6 Å². The van der Waals surface area contributed by atoms with Crippen molar-refractivity contribution in [1.29, 1.82) is 0 Å². The Morgan fingerprint density at radius 2 is 2.03 bits per heavy atom. The molecule has 6 heteroatoms. The molecule has 0 bridgehead atoms. The summed E-state index contributed by atoms with van der Waals surface area (Å²) in [6.45, 7) is 16.9. The van der Waals surface area contributed by atoms with Crippen LogP contribution in [0.4, 0.5) is 0 Å². The average Bonchev–Trinajstić information content (AvgIpc) is 3.07. The summed E-state index contributed by atoms with van der Waals surface area (Å²) >= 11 is 1.67. The molecule has 0 aliphatic carbocycles. The van der Waals surface area contributed by atoms with E-state index in [4.69, 9.17) is 9.47 Å². The molecule has 0 aromatic carbocycles. The summed E-state index contributed by atoms with van der Waals surface area (Å²) in [6, 6.07) is 1.15. The van der Waals surface area contributed by atoms with Crippen LogP contribution in [0.1, 0.15) is 57.2 Å². The van der Waals surface area contributed by atoms with Gasteiger partial charge in [-0.1, -0.05) is 38.2 Å². The smallest absolute Gasteiger partial charge is 0.147 e. The van der Waals surface area contributed by atoms with Gasteiger partial charge >= 0.3 is 0 Å². The number of rotatable bonds is 15. The molecule has 0 spiro atoms. The minimum atomic E-state index is -1.08. The molecular formula is C24H43NO3SSi. The molecule has 4 nitrogen and oxygen atoms in total. The Labute approximate surface area is 189 Å². The zero-order valence-corrected chi connectivity index (χ0v) is 22.0. The van der Waals surface area contributed by atoms with Gasteiger partial charge in [0.15, 0.2) is 0 Å². The summed E-state index contributed by atoms with van der Waals surface area (Å²) in [5.74, 6) is 0.383. The number of hydrogen-bond acceptors (Lipinski definition) is 5. The highest BCUT2D eigenvalue weighted by Gasteiger charge is 2.14. The van der Waals surface area contributed by atoms with Crippen molar-refractivity contribution in [2.75, 3.05) is 20.0 Å². The second kappa shape index (κ2) is 14.3. The first-order chi connectivity index (χ1) is 14.1. The molecule has 2 atom stereocenters. The first-order valence-corrected chi connectivity index (χ1v) is 15.8. The lowest BCUT2D eigenvalue weighted by molar-refractivity contribution is -0.0736. The number of aryl methyl sites for hydroxylation is 1. The largest absolute Gasteiger partial charge is 0.396 e. The van der Waals surface area contributed by atoms with Gasteiger partial charge in [0.1, 0.15) is 6.79 Å². The topological polar surface area (TPSA) is 51.6 Å². The van der Waals surface area contributed by atoms with E-state index in [2.05, 4.69) is 62.9 Å². The molecule has 0 unspecified atom stereocenters. The highest BCUT2D eigenvalue weighted by molar-refractivity contribution is 7.09. The van der Waals surface area contributed by atoms with E-state index in [-0.39, 0.29) is 12.7 Å². The summed E-state index contributed by atoms with van der Waals surface area (Å²) in [6.07, 6.45) is 8.49. The summed E-state index contributed by atoms with van der Waals surface area (Å²) in [5.41, 5.74) is 3.56. The predicted molar refractivity (Wildman–Crippen MR) is 133 cm³/mol. The van der Waals surface area contributed by atoms with Crippen molar-refractivity contribution in [3.8, 4) is 0 Å². The lowest BCUT2D eigenvalue weighted by Gasteiger charge is -2.19.